The van der Waals surface area contributed by atoms with Gasteiger partial charge in [0, 0.05) is 0 Å². The molecular formula is C20H32O2. The third-order valence-electron chi connectivity index (χ3n) is 3.69. The van der Waals surface area contributed by atoms with Crippen molar-refractivity contribution in [2.24, 2.45) is 0 Å². The number of hydrogen-bond donors (Lipinski definition) is 1. The molecule has 0 aliphatic rings. The molecule has 0 bridgehead atoms. The quantitative estimate of drug-likeness (QED) is 0.319. The molecule has 2 heteroatoms. The van der Waals surface area contributed by atoms with Crippen molar-refractivity contribution >= 4 is 6.29 Å². The van der Waals surface area contributed by atoms with E-state index in [0.29, 0.717) is 0 Å². The van der Waals surface area contributed by atoms with Crippen molar-refractivity contribution < 1.29 is 9.90 Å². The van der Waals surface area contributed by atoms with Crippen molar-refractivity contribution in [1.29, 1.82) is 0 Å². The molecule has 0 aromatic rings. The van der Waals surface area contributed by atoms with Crippen molar-refractivity contribution in [3.05, 3.63) is 46.6 Å². The lowest BCUT2D eigenvalue weighted by Crippen LogP contribution is -1.83. The van der Waals surface area contributed by atoms with E-state index in [1.54, 1.807) is 0 Å². The van der Waals surface area contributed by atoms with E-state index in [9.17, 15) is 4.79 Å². The summed E-state index contributed by atoms with van der Waals surface area (Å²) in [6, 6.07) is 0. The van der Waals surface area contributed by atoms with Crippen molar-refractivity contribution in [1.82, 2.24) is 0 Å². The molecule has 0 rings (SSSR count). The van der Waals surface area contributed by atoms with Crippen LogP contribution >= 0.6 is 0 Å². The van der Waals surface area contributed by atoms with Crippen LogP contribution in [-0.2, 0) is 4.79 Å². The molecule has 0 unspecified atom stereocenters. The summed E-state index contributed by atoms with van der Waals surface area (Å²) in [5, 5.41) is 8.80. The predicted molar refractivity (Wildman–Crippen MR) is 95.9 cm³/mol. The molecule has 0 fully saturated rings. The van der Waals surface area contributed by atoms with Gasteiger partial charge in [0.1, 0.15) is 6.29 Å². The SMILES string of the molecule is CC(C=O)=CCCC(C)=CCCC(C)=CCCC(C)=CCO. The highest BCUT2D eigenvalue weighted by Crippen LogP contribution is 2.13. The Morgan fingerprint density at radius 1 is 0.727 bits per heavy atom. The summed E-state index contributed by atoms with van der Waals surface area (Å²) in [4.78, 5) is 10.5. The van der Waals surface area contributed by atoms with Gasteiger partial charge in [-0.1, -0.05) is 41.0 Å². The largest absolute Gasteiger partial charge is 0.392 e. The monoisotopic (exact) mass is 304 g/mol. The molecule has 22 heavy (non-hydrogen) atoms. The maximum Gasteiger partial charge on any atom is 0.145 e. The lowest BCUT2D eigenvalue weighted by Gasteiger charge is -2.02. The van der Waals surface area contributed by atoms with E-state index >= 15 is 0 Å². The van der Waals surface area contributed by atoms with Gasteiger partial charge in [-0.15, -0.1) is 0 Å². The Kier molecular flexibility index (Phi) is 12.4. The van der Waals surface area contributed by atoms with Crippen LogP contribution in [-0.4, -0.2) is 18.0 Å². The third-order valence-corrected chi connectivity index (χ3v) is 3.69. The number of carbonyl (C=O) groups is 1. The highest BCUT2D eigenvalue weighted by atomic mass is 16.2. The summed E-state index contributed by atoms with van der Waals surface area (Å²) >= 11 is 0. The van der Waals surface area contributed by atoms with E-state index in [1.165, 1.54) is 16.7 Å². The van der Waals surface area contributed by atoms with Gasteiger partial charge >= 0.3 is 0 Å². The Balaban J connectivity index is 3.98. The molecule has 0 atom stereocenters. The minimum absolute atomic E-state index is 0.139. The summed E-state index contributed by atoms with van der Waals surface area (Å²) in [6.07, 6.45) is 15.6. The Bertz CT molecular complexity index is 437. The van der Waals surface area contributed by atoms with Crippen LogP contribution in [0.1, 0.15) is 66.2 Å². The van der Waals surface area contributed by atoms with Crippen LogP contribution in [0.5, 0.6) is 0 Å². The predicted octanol–water partition coefficient (Wildman–Crippen LogP) is 5.30. The van der Waals surface area contributed by atoms with E-state index in [1.807, 2.05) is 19.1 Å². The number of aliphatic hydroxyl groups excluding tert-OH is 1. The van der Waals surface area contributed by atoms with Gasteiger partial charge in [-0.05, 0) is 71.8 Å². The van der Waals surface area contributed by atoms with Crippen LogP contribution in [0, 0.1) is 0 Å². The minimum Gasteiger partial charge on any atom is -0.392 e. The molecule has 0 aromatic heterocycles. The van der Waals surface area contributed by atoms with Crippen LogP contribution < -0.4 is 0 Å². The fourth-order valence-corrected chi connectivity index (χ4v) is 2.13. The highest BCUT2D eigenvalue weighted by Gasteiger charge is 1.93. The molecule has 0 saturated carbocycles. The fraction of sp³-hybridized carbons (Fsp3) is 0.550. The van der Waals surface area contributed by atoms with Crippen LogP contribution in [0.2, 0.25) is 0 Å². The maximum atomic E-state index is 10.5. The molecule has 0 aliphatic heterocycles. The first-order chi connectivity index (χ1) is 10.5. The Hall–Kier alpha value is -1.41. The van der Waals surface area contributed by atoms with Gasteiger partial charge in [0.05, 0.1) is 6.61 Å². The molecule has 0 aliphatic carbocycles. The Labute approximate surface area is 136 Å². The second-order valence-corrected chi connectivity index (χ2v) is 6.02. The van der Waals surface area contributed by atoms with E-state index in [2.05, 4.69) is 32.9 Å². The molecule has 1 N–H and O–H groups in total. The van der Waals surface area contributed by atoms with Gasteiger partial charge in [0.25, 0.3) is 0 Å². The van der Waals surface area contributed by atoms with E-state index < -0.39 is 0 Å². The van der Waals surface area contributed by atoms with Crippen LogP contribution in [0.4, 0.5) is 0 Å². The fourth-order valence-electron chi connectivity index (χ4n) is 2.13. The smallest absolute Gasteiger partial charge is 0.145 e. The number of hydrogen-bond acceptors (Lipinski definition) is 2. The average Bonchev–Trinajstić information content (AvgIpc) is 2.47. The molecule has 0 amide bonds. The molecule has 2 nitrogen and oxygen atoms in total. The first-order valence-corrected chi connectivity index (χ1v) is 8.19. The minimum atomic E-state index is 0.139. The van der Waals surface area contributed by atoms with Gasteiger partial charge < -0.3 is 5.11 Å². The maximum absolute atomic E-state index is 10.5. The summed E-state index contributed by atoms with van der Waals surface area (Å²) in [7, 11) is 0. The molecule has 0 spiro atoms. The lowest BCUT2D eigenvalue weighted by molar-refractivity contribution is -0.104. The highest BCUT2D eigenvalue weighted by molar-refractivity contribution is 5.71. The first-order valence-electron chi connectivity index (χ1n) is 8.19. The summed E-state index contributed by atoms with van der Waals surface area (Å²) in [6.45, 7) is 8.39. The second-order valence-electron chi connectivity index (χ2n) is 6.02. The zero-order valence-electron chi connectivity index (χ0n) is 14.7. The molecule has 124 valence electrons. The number of allylic oxidation sites excluding steroid dienone is 7. The Morgan fingerprint density at radius 3 is 1.55 bits per heavy atom. The van der Waals surface area contributed by atoms with E-state index in [-0.39, 0.29) is 6.61 Å². The first kappa shape index (κ1) is 20.6. The lowest BCUT2D eigenvalue weighted by atomic mass is 10.0. The van der Waals surface area contributed by atoms with Crippen LogP contribution in [0.15, 0.2) is 46.6 Å². The average molecular weight is 304 g/mol. The van der Waals surface area contributed by atoms with Crippen molar-refractivity contribution in [3.8, 4) is 0 Å². The van der Waals surface area contributed by atoms with E-state index in [4.69, 9.17) is 5.11 Å². The summed E-state index contributed by atoms with van der Waals surface area (Å²) in [5.41, 5.74) is 4.89. The van der Waals surface area contributed by atoms with Gasteiger partial charge in [-0.3, -0.25) is 4.79 Å². The zero-order chi connectivity index (χ0) is 16.8. The number of carbonyl (C=O) groups excluding carboxylic acids is 1. The zero-order valence-corrected chi connectivity index (χ0v) is 14.7. The van der Waals surface area contributed by atoms with Gasteiger partial charge in [-0.2, -0.15) is 0 Å². The molecule has 0 saturated heterocycles. The summed E-state index contributed by atoms with van der Waals surface area (Å²) < 4.78 is 0. The van der Waals surface area contributed by atoms with Gasteiger partial charge in [0.2, 0.25) is 0 Å². The summed E-state index contributed by atoms with van der Waals surface area (Å²) in [5.74, 6) is 0. The van der Waals surface area contributed by atoms with Crippen LogP contribution in [0.3, 0.4) is 0 Å². The van der Waals surface area contributed by atoms with Crippen molar-refractivity contribution in [3.63, 3.8) is 0 Å². The normalized spacial score (nSPS) is 14.4. The topological polar surface area (TPSA) is 37.3 Å². The molecule has 0 radical (unpaired) electrons. The molecule has 0 heterocycles. The second kappa shape index (κ2) is 13.3. The van der Waals surface area contributed by atoms with Gasteiger partial charge in [-0.25, -0.2) is 0 Å². The molecule has 0 aromatic carbocycles. The number of aldehydes is 1. The van der Waals surface area contributed by atoms with Crippen LogP contribution in [0.25, 0.3) is 0 Å². The van der Waals surface area contributed by atoms with Crippen molar-refractivity contribution in [2.75, 3.05) is 6.61 Å². The number of rotatable bonds is 11. The van der Waals surface area contributed by atoms with Crippen molar-refractivity contribution in [2.45, 2.75) is 66.2 Å². The standard InChI is InChI=1S/C20H32O2/c1-17(10-6-12-19(3)14-15-21)8-5-9-18(2)11-7-13-20(4)16-22/h9-10,13-14,16,21H,5-8,11-12,15H2,1-4H3. The van der Waals surface area contributed by atoms with Gasteiger partial charge in [0.15, 0.2) is 0 Å². The van der Waals surface area contributed by atoms with E-state index in [0.717, 1.165) is 50.4 Å². The number of aliphatic hydroxyl groups is 1. The molecular weight excluding hydrogens is 272 g/mol. The Morgan fingerprint density at radius 2 is 1.14 bits per heavy atom. The third kappa shape index (κ3) is 12.3.